The number of hydrogen-bond donors (Lipinski definition) is 0. The summed E-state index contributed by atoms with van der Waals surface area (Å²) in [5.74, 6) is -0.151. The Morgan fingerprint density at radius 1 is 1.36 bits per heavy atom. The normalized spacial score (nSPS) is 13.7. The van der Waals surface area contributed by atoms with Gasteiger partial charge in [0.1, 0.15) is 0 Å². The molecule has 2 rings (SSSR count). The lowest BCUT2D eigenvalue weighted by Gasteiger charge is -1.84. The molecule has 0 saturated heterocycles. The molecular weight excluding hydrogens is 253 g/mol. The van der Waals surface area contributed by atoms with Crippen molar-refractivity contribution in [3.05, 3.63) is 32.3 Å². The number of amides is 1. The second-order valence-corrected chi connectivity index (χ2v) is 3.54. The van der Waals surface area contributed by atoms with E-state index in [4.69, 9.17) is 0 Å². The molecule has 54 valence electrons. The molecule has 0 bridgehead atoms. The van der Waals surface area contributed by atoms with Gasteiger partial charge in [0.15, 0.2) is 0 Å². The summed E-state index contributed by atoms with van der Waals surface area (Å²) in [6.45, 7) is 0. The Hall–Kier alpha value is -0.710. The molecule has 1 heterocycles. The van der Waals surface area contributed by atoms with Crippen molar-refractivity contribution in [1.29, 1.82) is 0 Å². The van der Waals surface area contributed by atoms with E-state index in [2.05, 4.69) is 27.6 Å². The quantitative estimate of drug-likeness (QED) is 0.612. The average molecular weight is 257 g/mol. The Kier molecular flexibility index (Phi) is 1.52. The minimum atomic E-state index is -0.151. The number of halogens is 1. The molecule has 11 heavy (non-hydrogen) atoms. The molecule has 0 atom stereocenters. The second kappa shape index (κ2) is 2.41. The summed E-state index contributed by atoms with van der Waals surface area (Å²) in [6.07, 6.45) is 1.55. The van der Waals surface area contributed by atoms with Crippen molar-refractivity contribution in [3.63, 3.8) is 0 Å². The molecule has 2 nitrogen and oxygen atoms in total. The molecule has 0 radical (unpaired) electrons. The summed E-state index contributed by atoms with van der Waals surface area (Å²) < 4.78 is 1.13. The molecule has 1 aliphatic rings. The van der Waals surface area contributed by atoms with E-state index in [0.717, 1.165) is 14.1 Å². The van der Waals surface area contributed by atoms with Gasteiger partial charge in [-0.2, -0.15) is 0 Å². The predicted molar refractivity (Wildman–Crippen MR) is 49.4 cm³/mol. The number of rotatable bonds is 0. The highest BCUT2D eigenvalue weighted by Crippen LogP contribution is 1.97. The predicted octanol–water partition coefficient (Wildman–Crippen LogP) is 0.232. The molecule has 1 aromatic rings. The SMILES string of the molecule is O=C1C=c2cc(I)ccc2=N1. The van der Waals surface area contributed by atoms with Crippen LogP contribution >= 0.6 is 22.6 Å². The van der Waals surface area contributed by atoms with Gasteiger partial charge >= 0.3 is 0 Å². The van der Waals surface area contributed by atoms with E-state index in [1.54, 1.807) is 6.08 Å². The Balaban J connectivity index is 2.89. The number of nitrogens with zero attached hydrogens (tertiary/aromatic N) is 1. The first-order valence-corrected chi connectivity index (χ1v) is 4.23. The van der Waals surface area contributed by atoms with Gasteiger partial charge in [-0.1, -0.05) is 0 Å². The topological polar surface area (TPSA) is 29.4 Å². The minimum Gasteiger partial charge on any atom is -0.267 e. The van der Waals surface area contributed by atoms with Gasteiger partial charge in [-0.3, -0.25) is 4.79 Å². The lowest BCUT2D eigenvalue weighted by atomic mass is 10.3. The van der Waals surface area contributed by atoms with Crippen LogP contribution in [-0.4, -0.2) is 5.91 Å². The summed E-state index contributed by atoms with van der Waals surface area (Å²) in [5.41, 5.74) is 0. The van der Waals surface area contributed by atoms with Gasteiger partial charge in [0, 0.05) is 14.9 Å². The average Bonchev–Trinajstić information content (AvgIpc) is 2.27. The van der Waals surface area contributed by atoms with Gasteiger partial charge in [-0.05, 0) is 40.8 Å². The zero-order valence-electron chi connectivity index (χ0n) is 5.54. The summed E-state index contributed by atoms with van der Waals surface area (Å²) in [7, 11) is 0. The fourth-order valence-electron chi connectivity index (χ4n) is 1.03. The van der Waals surface area contributed by atoms with Crippen molar-refractivity contribution < 1.29 is 4.79 Å². The molecule has 0 aromatic heterocycles. The van der Waals surface area contributed by atoms with Crippen molar-refractivity contribution in [2.24, 2.45) is 4.99 Å². The van der Waals surface area contributed by atoms with E-state index in [1.165, 1.54) is 0 Å². The number of carbonyl (C=O) groups is 1. The lowest BCUT2D eigenvalue weighted by Crippen LogP contribution is -2.20. The maximum absolute atomic E-state index is 10.8. The third kappa shape index (κ3) is 1.20. The Bertz CT molecular complexity index is 436. The van der Waals surface area contributed by atoms with Gasteiger partial charge in [0.2, 0.25) is 0 Å². The zero-order valence-corrected chi connectivity index (χ0v) is 7.70. The first kappa shape index (κ1) is 6.97. The highest BCUT2D eigenvalue weighted by Gasteiger charge is 2.01. The first-order valence-electron chi connectivity index (χ1n) is 3.16. The van der Waals surface area contributed by atoms with Gasteiger partial charge in [-0.15, -0.1) is 0 Å². The van der Waals surface area contributed by atoms with Gasteiger partial charge in [0.25, 0.3) is 5.91 Å². The van der Waals surface area contributed by atoms with Crippen LogP contribution < -0.4 is 10.6 Å². The number of carbonyl (C=O) groups excluding carboxylic acids is 1. The van der Waals surface area contributed by atoms with Crippen LogP contribution in [0.25, 0.3) is 6.08 Å². The highest BCUT2D eigenvalue weighted by molar-refractivity contribution is 14.1. The van der Waals surface area contributed by atoms with Crippen LogP contribution in [0.15, 0.2) is 23.2 Å². The number of benzene rings is 1. The van der Waals surface area contributed by atoms with E-state index in [1.807, 2.05) is 18.2 Å². The zero-order chi connectivity index (χ0) is 7.84. The lowest BCUT2D eigenvalue weighted by molar-refractivity contribution is -0.112. The van der Waals surface area contributed by atoms with E-state index < -0.39 is 0 Å². The molecular formula is C8H4INO. The molecule has 0 unspecified atom stereocenters. The largest absolute Gasteiger partial charge is 0.270 e. The van der Waals surface area contributed by atoms with E-state index in [-0.39, 0.29) is 5.91 Å². The van der Waals surface area contributed by atoms with Gasteiger partial charge < -0.3 is 0 Å². The summed E-state index contributed by atoms with van der Waals surface area (Å²) in [4.78, 5) is 14.6. The van der Waals surface area contributed by atoms with E-state index in [9.17, 15) is 4.79 Å². The van der Waals surface area contributed by atoms with Gasteiger partial charge in [0.05, 0.1) is 5.36 Å². The second-order valence-electron chi connectivity index (χ2n) is 2.30. The van der Waals surface area contributed by atoms with Crippen molar-refractivity contribution >= 4 is 34.6 Å². The summed E-state index contributed by atoms with van der Waals surface area (Å²) in [5, 5.41) is 1.72. The minimum absolute atomic E-state index is 0.151. The number of hydrogen-bond acceptors (Lipinski definition) is 1. The summed E-state index contributed by atoms with van der Waals surface area (Å²) in [6, 6.07) is 5.75. The molecule has 0 spiro atoms. The monoisotopic (exact) mass is 257 g/mol. The van der Waals surface area contributed by atoms with Crippen molar-refractivity contribution in [3.8, 4) is 0 Å². The molecule has 0 N–H and O–H groups in total. The Morgan fingerprint density at radius 3 is 3.00 bits per heavy atom. The van der Waals surface area contributed by atoms with Crippen LogP contribution in [0.1, 0.15) is 0 Å². The third-order valence-electron chi connectivity index (χ3n) is 1.50. The van der Waals surface area contributed by atoms with Crippen LogP contribution in [0.5, 0.6) is 0 Å². The molecule has 1 aromatic carbocycles. The maximum atomic E-state index is 10.8. The first-order chi connectivity index (χ1) is 5.25. The van der Waals surface area contributed by atoms with Crippen LogP contribution in [-0.2, 0) is 4.79 Å². The highest BCUT2D eigenvalue weighted by atomic mass is 127. The molecule has 1 amide bonds. The Labute approximate surface area is 76.8 Å². The molecule has 1 aliphatic heterocycles. The standard InChI is InChI=1S/C8H4INO/c9-6-1-2-7-5(3-6)4-8(11)10-7/h1-4H. The van der Waals surface area contributed by atoms with Crippen molar-refractivity contribution in [2.75, 3.05) is 0 Å². The smallest absolute Gasteiger partial charge is 0.267 e. The third-order valence-corrected chi connectivity index (χ3v) is 2.17. The van der Waals surface area contributed by atoms with Crippen LogP contribution in [0.4, 0.5) is 0 Å². The fraction of sp³-hybridized carbons (Fsp3) is 0. The molecule has 0 aliphatic carbocycles. The van der Waals surface area contributed by atoms with Crippen LogP contribution in [0.2, 0.25) is 0 Å². The fourth-order valence-corrected chi connectivity index (χ4v) is 1.54. The molecule has 3 heteroatoms. The van der Waals surface area contributed by atoms with E-state index >= 15 is 0 Å². The van der Waals surface area contributed by atoms with E-state index in [0.29, 0.717) is 0 Å². The van der Waals surface area contributed by atoms with Gasteiger partial charge in [-0.25, -0.2) is 4.99 Å². The molecule has 0 fully saturated rings. The Morgan fingerprint density at radius 2 is 2.18 bits per heavy atom. The van der Waals surface area contributed by atoms with Crippen molar-refractivity contribution in [2.45, 2.75) is 0 Å². The molecule has 0 saturated carbocycles. The van der Waals surface area contributed by atoms with Crippen LogP contribution in [0, 0.1) is 3.57 Å². The number of fused-ring (bicyclic) bond motifs is 1. The van der Waals surface area contributed by atoms with Crippen LogP contribution in [0.3, 0.4) is 0 Å². The van der Waals surface area contributed by atoms with Crippen molar-refractivity contribution in [1.82, 2.24) is 0 Å². The maximum Gasteiger partial charge on any atom is 0.270 e. The summed E-state index contributed by atoms with van der Waals surface area (Å²) >= 11 is 2.21.